The van der Waals surface area contributed by atoms with Crippen LogP contribution in [0.2, 0.25) is 5.02 Å². The van der Waals surface area contributed by atoms with Crippen molar-refractivity contribution in [1.82, 2.24) is 0 Å². The van der Waals surface area contributed by atoms with Crippen molar-refractivity contribution in [1.29, 1.82) is 0 Å². The lowest BCUT2D eigenvalue weighted by atomic mass is 10.1. The quantitative estimate of drug-likeness (QED) is 0.317. The summed E-state index contributed by atoms with van der Waals surface area (Å²) in [7, 11) is 1.53. The fourth-order valence-corrected chi connectivity index (χ4v) is 3.33. The van der Waals surface area contributed by atoms with Crippen molar-refractivity contribution < 1.29 is 23.8 Å². The number of benzene rings is 3. The molecule has 0 amide bonds. The standard InChI is InChI=1S/C24H17ClO5/c1-14-20(30-24(27)16-6-4-8-18(13-16)28-2)10-9-19-22(26)21(29-23(14)19)12-15-5-3-7-17(25)11-15/h3-13H,1-2H3/b21-12-. The van der Waals surface area contributed by atoms with Crippen molar-refractivity contribution in [3.05, 3.63) is 93.7 Å². The number of esters is 1. The van der Waals surface area contributed by atoms with E-state index in [1.807, 2.05) is 6.07 Å². The Balaban J connectivity index is 1.61. The summed E-state index contributed by atoms with van der Waals surface area (Å²) in [5.74, 6) is 0.670. The van der Waals surface area contributed by atoms with Gasteiger partial charge in [0.15, 0.2) is 5.76 Å². The lowest BCUT2D eigenvalue weighted by molar-refractivity contribution is 0.0732. The predicted molar refractivity (Wildman–Crippen MR) is 114 cm³/mol. The van der Waals surface area contributed by atoms with E-state index >= 15 is 0 Å². The highest BCUT2D eigenvalue weighted by atomic mass is 35.5. The van der Waals surface area contributed by atoms with Gasteiger partial charge in [0.1, 0.15) is 17.2 Å². The minimum absolute atomic E-state index is 0.187. The van der Waals surface area contributed by atoms with Gasteiger partial charge in [0.2, 0.25) is 5.78 Å². The van der Waals surface area contributed by atoms with Gasteiger partial charge in [0.05, 0.1) is 18.2 Å². The molecule has 1 aliphatic rings. The molecule has 1 heterocycles. The van der Waals surface area contributed by atoms with E-state index in [4.69, 9.17) is 25.8 Å². The number of halogens is 1. The third-order valence-corrected chi connectivity index (χ3v) is 4.93. The number of fused-ring (bicyclic) bond motifs is 1. The van der Waals surface area contributed by atoms with Gasteiger partial charge in [-0.2, -0.15) is 0 Å². The monoisotopic (exact) mass is 420 g/mol. The van der Waals surface area contributed by atoms with E-state index in [0.717, 1.165) is 5.56 Å². The Bertz CT molecular complexity index is 1200. The van der Waals surface area contributed by atoms with Crippen LogP contribution in [0.1, 0.15) is 31.8 Å². The van der Waals surface area contributed by atoms with Gasteiger partial charge in [-0.05, 0) is 61.0 Å². The third-order valence-electron chi connectivity index (χ3n) is 4.69. The molecule has 0 saturated heterocycles. The van der Waals surface area contributed by atoms with Crippen LogP contribution in [0.15, 0.2) is 66.4 Å². The van der Waals surface area contributed by atoms with Crippen LogP contribution in [-0.4, -0.2) is 18.9 Å². The Morgan fingerprint density at radius 2 is 1.87 bits per heavy atom. The molecule has 0 fully saturated rings. The summed E-state index contributed by atoms with van der Waals surface area (Å²) in [6.45, 7) is 1.74. The Morgan fingerprint density at radius 3 is 2.63 bits per heavy atom. The van der Waals surface area contributed by atoms with Crippen LogP contribution in [0.3, 0.4) is 0 Å². The van der Waals surface area contributed by atoms with Gasteiger partial charge in [0.25, 0.3) is 0 Å². The molecule has 0 saturated carbocycles. The average Bonchev–Trinajstić information content (AvgIpc) is 3.06. The summed E-state index contributed by atoms with van der Waals surface area (Å²) in [6.07, 6.45) is 1.63. The number of carbonyl (C=O) groups is 2. The van der Waals surface area contributed by atoms with Crippen molar-refractivity contribution in [3.8, 4) is 17.2 Å². The fraction of sp³-hybridized carbons (Fsp3) is 0.0833. The average molecular weight is 421 g/mol. The first kappa shape index (κ1) is 19.7. The van der Waals surface area contributed by atoms with E-state index in [1.54, 1.807) is 67.6 Å². The molecule has 0 aromatic heterocycles. The second-order valence-electron chi connectivity index (χ2n) is 6.68. The molecule has 0 bridgehead atoms. The highest BCUT2D eigenvalue weighted by Gasteiger charge is 2.30. The lowest BCUT2D eigenvalue weighted by Gasteiger charge is -2.10. The van der Waals surface area contributed by atoms with Crippen LogP contribution >= 0.6 is 11.6 Å². The molecule has 30 heavy (non-hydrogen) atoms. The zero-order chi connectivity index (χ0) is 21.3. The summed E-state index contributed by atoms with van der Waals surface area (Å²) in [5.41, 5.74) is 2.09. The number of methoxy groups -OCH3 is 1. The van der Waals surface area contributed by atoms with Crippen LogP contribution in [0, 0.1) is 6.92 Å². The first-order chi connectivity index (χ1) is 14.5. The second kappa shape index (κ2) is 8.05. The summed E-state index contributed by atoms with van der Waals surface area (Å²) in [6, 6.07) is 17.0. The molecule has 6 heteroatoms. The van der Waals surface area contributed by atoms with Crippen LogP contribution < -0.4 is 14.2 Å². The molecule has 4 rings (SSSR count). The summed E-state index contributed by atoms with van der Waals surface area (Å²) in [4.78, 5) is 25.2. The van der Waals surface area contributed by atoms with Gasteiger partial charge in [0, 0.05) is 10.6 Å². The van der Waals surface area contributed by atoms with Crippen LogP contribution in [-0.2, 0) is 0 Å². The summed E-state index contributed by atoms with van der Waals surface area (Å²) < 4.78 is 16.5. The molecule has 1 aliphatic heterocycles. The maximum absolute atomic E-state index is 12.7. The van der Waals surface area contributed by atoms with Gasteiger partial charge in [-0.15, -0.1) is 0 Å². The maximum Gasteiger partial charge on any atom is 0.343 e. The number of Topliss-reactive ketones (excluding diaryl/α,β-unsaturated/α-hetero) is 1. The van der Waals surface area contributed by atoms with Crippen molar-refractivity contribution in [2.45, 2.75) is 6.92 Å². The van der Waals surface area contributed by atoms with Crippen LogP contribution in [0.4, 0.5) is 0 Å². The van der Waals surface area contributed by atoms with Crippen LogP contribution in [0.5, 0.6) is 17.2 Å². The molecular formula is C24H17ClO5. The van der Waals surface area contributed by atoms with E-state index in [0.29, 0.717) is 39.0 Å². The number of ketones is 1. The largest absolute Gasteiger partial charge is 0.497 e. The van der Waals surface area contributed by atoms with Crippen molar-refractivity contribution in [2.75, 3.05) is 7.11 Å². The molecule has 5 nitrogen and oxygen atoms in total. The highest BCUT2D eigenvalue weighted by molar-refractivity contribution is 6.30. The maximum atomic E-state index is 12.7. The molecule has 0 spiro atoms. The van der Waals surface area contributed by atoms with Gasteiger partial charge < -0.3 is 14.2 Å². The molecule has 0 radical (unpaired) electrons. The van der Waals surface area contributed by atoms with Crippen LogP contribution in [0.25, 0.3) is 6.08 Å². The number of allylic oxidation sites excluding steroid dienone is 1. The van der Waals surface area contributed by atoms with Crippen molar-refractivity contribution in [3.63, 3.8) is 0 Å². The van der Waals surface area contributed by atoms with E-state index in [-0.39, 0.29) is 11.5 Å². The molecule has 0 unspecified atom stereocenters. The summed E-state index contributed by atoms with van der Waals surface area (Å²) >= 11 is 6.01. The second-order valence-corrected chi connectivity index (χ2v) is 7.12. The number of hydrogen-bond donors (Lipinski definition) is 0. The SMILES string of the molecule is COc1cccc(C(=O)Oc2ccc3c(c2C)O/C(=C\c2cccc(Cl)c2)C3=O)c1. The van der Waals surface area contributed by atoms with E-state index in [9.17, 15) is 9.59 Å². The normalized spacial score (nSPS) is 13.7. The lowest BCUT2D eigenvalue weighted by Crippen LogP contribution is -2.09. The Morgan fingerprint density at radius 1 is 1.07 bits per heavy atom. The van der Waals surface area contributed by atoms with E-state index < -0.39 is 5.97 Å². The minimum Gasteiger partial charge on any atom is -0.497 e. The molecule has 0 N–H and O–H groups in total. The first-order valence-corrected chi connectivity index (χ1v) is 9.53. The summed E-state index contributed by atoms with van der Waals surface area (Å²) in [5, 5.41) is 0.565. The first-order valence-electron chi connectivity index (χ1n) is 9.16. The van der Waals surface area contributed by atoms with Gasteiger partial charge >= 0.3 is 5.97 Å². The number of ether oxygens (including phenoxy) is 3. The molecule has 3 aromatic carbocycles. The van der Waals surface area contributed by atoms with Crippen molar-refractivity contribution in [2.24, 2.45) is 0 Å². The Labute approximate surface area is 178 Å². The number of rotatable bonds is 4. The molecular weight excluding hydrogens is 404 g/mol. The minimum atomic E-state index is -0.532. The van der Waals surface area contributed by atoms with Crippen molar-refractivity contribution >= 4 is 29.4 Å². The topological polar surface area (TPSA) is 61.8 Å². The fourth-order valence-electron chi connectivity index (χ4n) is 3.14. The zero-order valence-electron chi connectivity index (χ0n) is 16.3. The Hall–Kier alpha value is -3.57. The molecule has 150 valence electrons. The number of carbonyl (C=O) groups excluding carboxylic acids is 2. The van der Waals surface area contributed by atoms with Gasteiger partial charge in [-0.25, -0.2) is 4.79 Å². The smallest absolute Gasteiger partial charge is 0.343 e. The third kappa shape index (κ3) is 3.80. The van der Waals surface area contributed by atoms with E-state index in [1.165, 1.54) is 7.11 Å². The van der Waals surface area contributed by atoms with Gasteiger partial charge in [-0.1, -0.05) is 29.8 Å². The Kier molecular flexibility index (Phi) is 5.29. The number of hydrogen-bond acceptors (Lipinski definition) is 5. The molecule has 3 aromatic rings. The highest BCUT2D eigenvalue weighted by Crippen LogP contribution is 2.39. The zero-order valence-corrected chi connectivity index (χ0v) is 17.0. The molecule has 0 aliphatic carbocycles. The van der Waals surface area contributed by atoms with Gasteiger partial charge in [-0.3, -0.25) is 4.79 Å². The molecule has 0 atom stereocenters. The van der Waals surface area contributed by atoms with E-state index in [2.05, 4.69) is 0 Å². The predicted octanol–water partition coefficient (Wildman–Crippen LogP) is 5.49.